The van der Waals surface area contributed by atoms with E-state index in [9.17, 15) is 9.18 Å². The number of thiazole rings is 1. The van der Waals surface area contributed by atoms with Crippen LogP contribution in [0.5, 0.6) is 5.75 Å². The van der Waals surface area contributed by atoms with Gasteiger partial charge in [0.1, 0.15) is 11.6 Å². The van der Waals surface area contributed by atoms with E-state index in [2.05, 4.69) is 10.3 Å². The summed E-state index contributed by atoms with van der Waals surface area (Å²) in [5.41, 5.74) is 1.55. The summed E-state index contributed by atoms with van der Waals surface area (Å²) >= 11 is 1.38. The van der Waals surface area contributed by atoms with Crippen molar-refractivity contribution < 1.29 is 13.9 Å². The SMILES string of the molecule is CCOc1ccc2nc(NC(=O)C=Cc3ccc(F)cc3)sc2c1. The second-order valence-corrected chi connectivity index (χ2v) is 5.99. The van der Waals surface area contributed by atoms with E-state index in [0.717, 1.165) is 21.5 Å². The minimum Gasteiger partial charge on any atom is -0.494 e. The number of halogens is 1. The van der Waals surface area contributed by atoms with Gasteiger partial charge in [-0.1, -0.05) is 23.5 Å². The van der Waals surface area contributed by atoms with Crippen LogP contribution in [-0.4, -0.2) is 17.5 Å². The fourth-order valence-electron chi connectivity index (χ4n) is 2.11. The van der Waals surface area contributed by atoms with Gasteiger partial charge in [0.05, 0.1) is 16.8 Å². The molecule has 0 radical (unpaired) electrons. The second-order valence-electron chi connectivity index (χ2n) is 4.96. The van der Waals surface area contributed by atoms with Crippen LogP contribution in [0, 0.1) is 5.82 Å². The monoisotopic (exact) mass is 342 g/mol. The van der Waals surface area contributed by atoms with Gasteiger partial charge in [-0.05, 0) is 48.9 Å². The fourth-order valence-corrected chi connectivity index (χ4v) is 3.00. The molecular formula is C18H15FN2O2S. The van der Waals surface area contributed by atoms with Gasteiger partial charge < -0.3 is 4.74 Å². The van der Waals surface area contributed by atoms with Gasteiger partial charge in [-0.25, -0.2) is 9.37 Å². The Kier molecular flexibility index (Phi) is 4.86. The van der Waals surface area contributed by atoms with Gasteiger partial charge in [-0.2, -0.15) is 0 Å². The Hall–Kier alpha value is -2.73. The summed E-state index contributed by atoms with van der Waals surface area (Å²) in [5, 5.41) is 3.25. The third kappa shape index (κ3) is 3.97. The number of rotatable bonds is 5. The quantitative estimate of drug-likeness (QED) is 0.695. The number of anilines is 1. The molecule has 0 atom stereocenters. The lowest BCUT2D eigenvalue weighted by molar-refractivity contribution is -0.111. The summed E-state index contributed by atoms with van der Waals surface area (Å²) in [4.78, 5) is 16.3. The zero-order chi connectivity index (χ0) is 16.9. The number of benzene rings is 2. The lowest BCUT2D eigenvalue weighted by Crippen LogP contribution is -2.07. The molecule has 1 N–H and O–H groups in total. The number of hydrogen-bond acceptors (Lipinski definition) is 4. The van der Waals surface area contributed by atoms with E-state index in [-0.39, 0.29) is 11.7 Å². The number of hydrogen-bond donors (Lipinski definition) is 1. The number of aromatic nitrogens is 1. The third-order valence-corrected chi connectivity index (χ3v) is 4.13. The van der Waals surface area contributed by atoms with E-state index in [1.807, 2.05) is 25.1 Å². The van der Waals surface area contributed by atoms with Crippen molar-refractivity contribution in [1.29, 1.82) is 0 Å². The van der Waals surface area contributed by atoms with Gasteiger partial charge in [0.2, 0.25) is 5.91 Å². The van der Waals surface area contributed by atoms with E-state index in [1.54, 1.807) is 18.2 Å². The van der Waals surface area contributed by atoms with E-state index < -0.39 is 0 Å². The maximum atomic E-state index is 12.8. The Balaban J connectivity index is 1.69. The average molecular weight is 342 g/mol. The van der Waals surface area contributed by atoms with Gasteiger partial charge in [-0.3, -0.25) is 10.1 Å². The summed E-state index contributed by atoms with van der Waals surface area (Å²) in [5.74, 6) is 0.184. The highest BCUT2D eigenvalue weighted by Crippen LogP contribution is 2.29. The van der Waals surface area contributed by atoms with Gasteiger partial charge in [0.15, 0.2) is 5.13 Å². The summed E-state index contributed by atoms with van der Waals surface area (Å²) < 4.78 is 19.2. The number of amides is 1. The molecule has 4 nitrogen and oxygen atoms in total. The predicted octanol–water partition coefficient (Wildman–Crippen LogP) is 4.49. The number of carbonyl (C=O) groups excluding carboxylic acids is 1. The Morgan fingerprint density at radius 2 is 2.08 bits per heavy atom. The van der Waals surface area contributed by atoms with E-state index in [0.29, 0.717) is 11.7 Å². The zero-order valence-electron chi connectivity index (χ0n) is 13.0. The fraction of sp³-hybridized carbons (Fsp3) is 0.111. The van der Waals surface area contributed by atoms with E-state index in [4.69, 9.17) is 4.74 Å². The summed E-state index contributed by atoms with van der Waals surface area (Å²) in [6.45, 7) is 2.53. The standard InChI is InChI=1S/C18H15FN2O2S/c1-2-23-14-8-9-15-16(11-14)24-18(20-15)21-17(22)10-5-12-3-6-13(19)7-4-12/h3-11H,2H2,1H3,(H,20,21,22). The molecule has 1 heterocycles. The van der Waals surface area contributed by atoms with Crippen molar-refractivity contribution in [3.63, 3.8) is 0 Å². The van der Waals surface area contributed by atoms with Gasteiger partial charge >= 0.3 is 0 Å². The van der Waals surface area contributed by atoms with Crippen LogP contribution in [0.2, 0.25) is 0 Å². The van der Waals surface area contributed by atoms with E-state index in [1.165, 1.54) is 29.5 Å². The first-order valence-electron chi connectivity index (χ1n) is 7.42. The maximum Gasteiger partial charge on any atom is 0.250 e. The van der Waals surface area contributed by atoms with Gasteiger partial charge in [0, 0.05) is 6.08 Å². The molecule has 24 heavy (non-hydrogen) atoms. The molecule has 0 aliphatic heterocycles. The molecule has 0 saturated heterocycles. The van der Waals surface area contributed by atoms with Gasteiger partial charge in [-0.15, -0.1) is 0 Å². The van der Waals surface area contributed by atoms with Crippen molar-refractivity contribution in [2.24, 2.45) is 0 Å². The van der Waals surface area contributed by atoms with Crippen LogP contribution in [0.4, 0.5) is 9.52 Å². The number of ether oxygens (including phenoxy) is 1. The molecule has 0 unspecified atom stereocenters. The highest BCUT2D eigenvalue weighted by atomic mass is 32.1. The Morgan fingerprint density at radius 1 is 1.29 bits per heavy atom. The molecule has 6 heteroatoms. The topological polar surface area (TPSA) is 51.2 Å². The van der Waals surface area contributed by atoms with E-state index >= 15 is 0 Å². The zero-order valence-corrected chi connectivity index (χ0v) is 13.8. The van der Waals surface area contributed by atoms with Gasteiger partial charge in [0.25, 0.3) is 0 Å². The molecule has 2 aromatic carbocycles. The second kappa shape index (κ2) is 7.23. The highest BCUT2D eigenvalue weighted by molar-refractivity contribution is 7.22. The first-order chi connectivity index (χ1) is 11.6. The van der Waals surface area contributed by atoms with Crippen LogP contribution in [0.25, 0.3) is 16.3 Å². The number of nitrogens with zero attached hydrogens (tertiary/aromatic N) is 1. The summed E-state index contributed by atoms with van der Waals surface area (Å²) in [6.07, 6.45) is 3.01. The normalized spacial score (nSPS) is 11.1. The van der Waals surface area contributed by atoms with Crippen molar-refractivity contribution in [1.82, 2.24) is 4.98 Å². The lowest BCUT2D eigenvalue weighted by atomic mass is 10.2. The van der Waals surface area contributed by atoms with Crippen LogP contribution < -0.4 is 10.1 Å². The minimum atomic E-state index is -0.308. The first-order valence-corrected chi connectivity index (χ1v) is 8.24. The molecule has 0 aliphatic rings. The maximum absolute atomic E-state index is 12.8. The summed E-state index contributed by atoms with van der Waals surface area (Å²) in [7, 11) is 0. The Labute approximate surface area is 142 Å². The first kappa shape index (κ1) is 16.1. The average Bonchev–Trinajstić information content (AvgIpc) is 2.96. The number of fused-ring (bicyclic) bond motifs is 1. The largest absolute Gasteiger partial charge is 0.494 e. The molecule has 0 saturated carbocycles. The smallest absolute Gasteiger partial charge is 0.250 e. The molecule has 3 rings (SSSR count). The molecule has 122 valence electrons. The molecule has 0 fully saturated rings. The predicted molar refractivity (Wildman–Crippen MR) is 94.9 cm³/mol. The molecule has 1 aromatic heterocycles. The molecule has 0 aliphatic carbocycles. The van der Waals surface area contributed by atoms with Crippen molar-refractivity contribution >= 4 is 38.7 Å². The van der Waals surface area contributed by atoms with Crippen molar-refractivity contribution in [2.45, 2.75) is 6.92 Å². The molecule has 3 aromatic rings. The molecule has 0 spiro atoms. The van der Waals surface area contributed by atoms with Crippen LogP contribution in [0.3, 0.4) is 0 Å². The Morgan fingerprint density at radius 3 is 2.83 bits per heavy atom. The van der Waals surface area contributed by atoms with Crippen molar-refractivity contribution in [3.8, 4) is 5.75 Å². The Bertz CT molecular complexity index is 888. The summed E-state index contributed by atoms with van der Waals surface area (Å²) in [6, 6.07) is 11.5. The van der Waals surface area contributed by atoms with Crippen molar-refractivity contribution in [2.75, 3.05) is 11.9 Å². The molecular weight excluding hydrogens is 327 g/mol. The number of carbonyl (C=O) groups is 1. The van der Waals surface area contributed by atoms with Crippen LogP contribution in [-0.2, 0) is 4.79 Å². The van der Waals surface area contributed by atoms with Crippen LogP contribution in [0.1, 0.15) is 12.5 Å². The van der Waals surface area contributed by atoms with Crippen molar-refractivity contribution in [3.05, 3.63) is 59.9 Å². The minimum absolute atomic E-state index is 0.289. The number of nitrogens with one attached hydrogen (secondary N) is 1. The third-order valence-electron chi connectivity index (χ3n) is 3.20. The van der Waals surface area contributed by atoms with Crippen LogP contribution >= 0.6 is 11.3 Å². The highest BCUT2D eigenvalue weighted by Gasteiger charge is 2.07. The lowest BCUT2D eigenvalue weighted by Gasteiger charge is -2.00. The molecule has 1 amide bonds. The van der Waals surface area contributed by atoms with Crippen LogP contribution in [0.15, 0.2) is 48.5 Å². The molecule has 0 bridgehead atoms.